The standard InChI is InChI=1S/2C8H14O3.2C3H8O.Ti/c2*1-3-6(4-2)7(9)5-8(10)11;2*1-2-3-4;/h2*6H,3-5H2,1-2H3,(H,10,11);2*4H,2-3H2,1H3;/q;;;;+2/p-2. The number of carbonyl (C=O) groups is 4. The van der Waals surface area contributed by atoms with Crippen molar-refractivity contribution in [3.63, 3.8) is 0 Å². The van der Waals surface area contributed by atoms with Gasteiger partial charge in [0, 0.05) is 49.8 Å². The predicted octanol–water partition coefficient (Wildman–Crippen LogP) is 1.04. The second-order valence-electron chi connectivity index (χ2n) is 6.50. The maximum Gasteiger partial charge on any atom is 2.00 e. The zero-order chi connectivity index (χ0) is 24.5. The van der Waals surface area contributed by atoms with Crippen molar-refractivity contribution in [2.24, 2.45) is 11.8 Å². The molecular formula is C22H42O8Ti. The molecule has 0 heterocycles. The van der Waals surface area contributed by atoms with E-state index in [0.29, 0.717) is 38.9 Å². The molecule has 0 atom stereocenters. The molecule has 0 spiro atoms. The number of aliphatic hydroxyl groups excluding tert-OH is 2. The van der Waals surface area contributed by atoms with Crippen LogP contribution in [0.25, 0.3) is 0 Å². The van der Waals surface area contributed by atoms with E-state index in [4.69, 9.17) is 10.2 Å². The molecule has 0 saturated carbocycles. The van der Waals surface area contributed by atoms with Crippen LogP contribution in [0, 0.1) is 11.8 Å². The zero-order valence-electron chi connectivity index (χ0n) is 20.1. The molecule has 8 nitrogen and oxygen atoms in total. The monoisotopic (exact) mass is 482 g/mol. The van der Waals surface area contributed by atoms with E-state index in [1.165, 1.54) is 0 Å². The molecule has 0 aliphatic carbocycles. The summed E-state index contributed by atoms with van der Waals surface area (Å²) in [4.78, 5) is 42.0. The summed E-state index contributed by atoms with van der Waals surface area (Å²) in [6.45, 7) is 12.0. The average molecular weight is 482 g/mol. The smallest absolute Gasteiger partial charge is 0.550 e. The van der Waals surface area contributed by atoms with Gasteiger partial charge in [0.1, 0.15) is 11.6 Å². The van der Waals surface area contributed by atoms with E-state index in [0.717, 1.165) is 12.8 Å². The molecule has 0 unspecified atom stereocenters. The minimum atomic E-state index is -1.28. The van der Waals surface area contributed by atoms with Crippen LogP contribution in [0.5, 0.6) is 0 Å². The molecule has 31 heavy (non-hydrogen) atoms. The molecule has 0 saturated heterocycles. The normalized spacial score (nSPS) is 9.10. The van der Waals surface area contributed by atoms with Crippen molar-refractivity contribution in [1.82, 2.24) is 0 Å². The Kier molecular flexibility index (Phi) is 40.4. The Morgan fingerprint density at radius 3 is 0.903 bits per heavy atom. The van der Waals surface area contributed by atoms with Crippen LogP contribution in [0.15, 0.2) is 0 Å². The molecule has 0 aromatic carbocycles. The van der Waals surface area contributed by atoms with Gasteiger partial charge in [-0.25, -0.2) is 0 Å². The maximum atomic E-state index is 11.0. The first-order valence-electron chi connectivity index (χ1n) is 10.7. The van der Waals surface area contributed by atoms with Crippen LogP contribution in [0.4, 0.5) is 0 Å². The second kappa shape index (κ2) is 31.1. The topological polar surface area (TPSA) is 155 Å². The molecule has 2 N–H and O–H groups in total. The Morgan fingerprint density at radius 1 is 0.613 bits per heavy atom. The van der Waals surface area contributed by atoms with Crippen LogP contribution in [0.3, 0.4) is 0 Å². The van der Waals surface area contributed by atoms with Crippen molar-refractivity contribution in [1.29, 1.82) is 0 Å². The van der Waals surface area contributed by atoms with Crippen LogP contribution < -0.4 is 10.2 Å². The zero-order valence-corrected chi connectivity index (χ0v) is 21.6. The maximum absolute atomic E-state index is 11.0. The van der Waals surface area contributed by atoms with E-state index in [2.05, 4.69) is 0 Å². The molecule has 0 radical (unpaired) electrons. The van der Waals surface area contributed by atoms with Crippen LogP contribution in [-0.4, -0.2) is 46.9 Å². The van der Waals surface area contributed by atoms with E-state index in [1.54, 1.807) is 0 Å². The number of aliphatic hydroxyl groups is 2. The van der Waals surface area contributed by atoms with Gasteiger partial charge in [-0.3, -0.25) is 9.59 Å². The Hall–Kier alpha value is -1.09. The van der Waals surface area contributed by atoms with E-state index >= 15 is 0 Å². The number of carboxylic acids is 2. The summed E-state index contributed by atoms with van der Waals surface area (Å²) in [6, 6.07) is 0. The van der Waals surface area contributed by atoms with Gasteiger partial charge in [0.25, 0.3) is 0 Å². The number of hydrogen-bond acceptors (Lipinski definition) is 8. The Labute approximate surface area is 202 Å². The average Bonchev–Trinajstić information content (AvgIpc) is 2.69. The third kappa shape index (κ3) is 33.7. The van der Waals surface area contributed by atoms with Crippen LogP contribution in [0.2, 0.25) is 0 Å². The summed E-state index contributed by atoms with van der Waals surface area (Å²) in [5.41, 5.74) is 0. The molecule has 0 bridgehead atoms. The van der Waals surface area contributed by atoms with E-state index < -0.39 is 24.8 Å². The predicted molar refractivity (Wildman–Crippen MR) is 112 cm³/mol. The van der Waals surface area contributed by atoms with Crippen LogP contribution in [0.1, 0.15) is 92.9 Å². The Bertz CT molecular complexity index is 389. The first kappa shape index (κ1) is 40.3. The molecule has 0 aromatic rings. The third-order valence-corrected chi connectivity index (χ3v) is 3.97. The summed E-state index contributed by atoms with van der Waals surface area (Å²) in [7, 11) is 0. The number of rotatable bonds is 12. The molecule has 0 rings (SSSR count). The van der Waals surface area contributed by atoms with E-state index in [9.17, 15) is 29.4 Å². The summed E-state index contributed by atoms with van der Waals surface area (Å²) < 4.78 is 0. The number of aliphatic carboxylic acids is 2. The molecule has 0 aromatic heterocycles. The molecule has 9 heteroatoms. The van der Waals surface area contributed by atoms with Gasteiger partial charge in [-0.2, -0.15) is 0 Å². The first-order chi connectivity index (χ1) is 14.1. The van der Waals surface area contributed by atoms with Gasteiger partial charge in [0.2, 0.25) is 0 Å². The van der Waals surface area contributed by atoms with Gasteiger partial charge in [0.15, 0.2) is 0 Å². The molecule has 0 aliphatic rings. The minimum Gasteiger partial charge on any atom is -0.550 e. The summed E-state index contributed by atoms with van der Waals surface area (Å²) in [6.07, 6.45) is 3.72. The fraction of sp³-hybridized carbons (Fsp3) is 0.818. The molecule has 182 valence electrons. The van der Waals surface area contributed by atoms with Gasteiger partial charge in [-0.05, 0) is 38.5 Å². The summed E-state index contributed by atoms with van der Waals surface area (Å²) >= 11 is 0. The van der Waals surface area contributed by atoms with Crippen LogP contribution >= 0.6 is 0 Å². The van der Waals surface area contributed by atoms with Gasteiger partial charge in [0.05, 0.1) is 0 Å². The number of carboxylic acid groups (broad SMARTS) is 2. The molecule has 0 amide bonds. The fourth-order valence-electron chi connectivity index (χ4n) is 2.06. The number of hydrogen-bond donors (Lipinski definition) is 2. The second-order valence-corrected chi connectivity index (χ2v) is 6.50. The van der Waals surface area contributed by atoms with Gasteiger partial charge < -0.3 is 30.0 Å². The van der Waals surface area contributed by atoms with Crippen molar-refractivity contribution < 1.29 is 61.3 Å². The van der Waals surface area contributed by atoms with Gasteiger partial charge in [-0.15, -0.1) is 0 Å². The third-order valence-electron chi connectivity index (χ3n) is 3.97. The van der Waals surface area contributed by atoms with E-state index in [-0.39, 0.29) is 45.1 Å². The number of carbonyl (C=O) groups excluding carboxylic acids is 4. The number of Topliss-reactive ketones (excluding diaryl/α,β-unsaturated/α-hetero) is 2. The Balaban J connectivity index is -0.000000106. The first-order valence-corrected chi connectivity index (χ1v) is 10.7. The quantitative estimate of drug-likeness (QED) is 0.309. The minimum absolute atomic E-state index is 0. The van der Waals surface area contributed by atoms with E-state index in [1.807, 2.05) is 41.5 Å². The Morgan fingerprint density at radius 2 is 0.806 bits per heavy atom. The fourth-order valence-corrected chi connectivity index (χ4v) is 2.06. The van der Waals surface area contributed by atoms with Crippen LogP contribution in [-0.2, 0) is 40.9 Å². The summed E-state index contributed by atoms with van der Waals surface area (Å²) in [5.74, 6) is -3.19. The molecular weight excluding hydrogens is 440 g/mol. The summed E-state index contributed by atoms with van der Waals surface area (Å²) in [5, 5.41) is 35.8. The number of ketones is 2. The van der Waals surface area contributed by atoms with Crippen molar-refractivity contribution in [3.05, 3.63) is 0 Å². The van der Waals surface area contributed by atoms with Crippen molar-refractivity contribution in [2.45, 2.75) is 92.9 Å². The van der Waals surface area contributed by atoms with Gasteiger partial charge >= 0.3 is 21.7 Å². The molecule has 0 aliphatic heterocycles. The van der Waals surface area contributed by atoms with Crippen molar-refractivity contribution in [2.75, 3.05) is 13.2 Å². The molecule has 0 fully saturated rings. The van der Waals surface area contributed by atoms with Gasteiger partial charge in [-0.1, -0.05) is 41.5 Å². The largest absolute Gasteiger partial charge is 2.00 e. The van der Waals surface area contributed by atoms with Crippen molar-refractivity contribution in [3.8, 4) is 0 Å². The van der Waals surface area contributed by atoms with Crippen molar-refractivity contribution >= 4 is 23.5 Å². The SMILES string of the molecule is CCC(CC)C(=O)CC(=O)[O-].CCC(CC)C(=O)CC(=O)[O-].CCCO.CCCO.[Ti+2].